The molecule has 3 N–H and O–H groups in total. The van der Waals surface area contributed by atoms with Crippen LogP contribution in [-0.2, 0) is 14.8 Å². The molecule has 0 aliphatic rings. The van der Waals surface area contributed by atoms with Gasteiger partial charge in [-0.15, -0.1) is 0 Å². The van der Waals surface area contributed by atoms with Crippen LogP contribution >= 0.6 is 0 Å². The van der Waals surface area contributed by atoms with Crippen molar-refractivity contribution in [3.8, 4) is 6.07 Å². The second-order valence-electron chi connectivity index (χ2n) is 3.16. The van der Waals surface area contributed by atoms with Crippen molar-refractivity contribution in [1.82, 2.24) is 9.71 Å². The first kappa shape index (κ1) is 14.0. The number of nitrogens with one attached hydrogen (secondary N) is 1. The third-order valence-electron chi connectivity index (χ3n) is 1.94. The molecular formula is C9H9N3O5S. The molecule has 1 atom stereocenters. The van der Waals surface area contributed by atoms with Crippen LogP contribution in [0.5, 0.6) is 0 Å². The molecule has 0 aromatic carbocycles. The quantitative estimate of drug-likeness (QED) is 0.603. The second kappa shape index (κ2) is 5.54. The normalized spacial score (nSPS) is 12.7. The van der Waals surface area contributed by atoms with Gasteiger partial charge in [-0.1, -0.05) is 0 Å². The standard InChI is InChI=1S/C9H9N3O5S/c10-4-6-8(2-1-3-11-6)18(16,17)12-7(5-13)9(14)15/h1-3,7,12-13H,5H2,(H,14,15)/t7-/m0/s1. The first-order valence-corrected chi connectivity index (χ1v) is 6.12. The minimum Gasteiger partial charge on any atom is -0.480 e. The van der Waals surface area contributed by atoms with Crippen molar-refractivity contribution in [3.63, 3.8) is 0 Å². The third kappa shape index (κ3) is 3.01. The van der Waals surface area contributed by atoms with Crippen molar-refractivity contribution in [2.24, 2.45) is 0 Å². The topological polar surface area (TPSA) is 140 Å². The number of aromatic nitrogens is 1. The zero-order valence-corrected chi connectivity index (χ0v) is 9.75. The molecule has 0 unspecified atom stereocenters. The lowest BCUT2D eigenvalue weighted by Gasteiger charge is -2.12. The molecule has 18 heavy (non-hydrogen) atoms. The van der Waals surface area contributed by atoms with Crippen LogP contribution in [0.15, 0.2) is 23.2 Å². The number of aliphatic hydroxyl groups is 1. The number of rotatable bonds is 5. The molecule has 1 heterocycles. The molecule has 9 heteroatoms. The number of nitrogens with zero attached hydrogens (tertiary/aromatic N) is 2. The summed E-state index contributed by atoms with van der Waals surface area (Å²) in [5.41, 5.74) is -0.355. The molecule has 1 aromatic rings. The van der Waals surface area contributed by atoms with Crippen LogP contribution in [0.1, 0.15) is 5.69 Å². The van der Waals surface area contributed by atoms with Crippen molar-refractivity contribution < 1.29 is 23.4 Å². The van der Waals surface area contributed by atoms with Gasteiger partial charge < -0.3 is 10.2 Å². The van der Waals surface area contributed by atoms with Gasteiger partial charge in [0.2, 0.25) is 10.0 Å². The largest absolute Gasteiger partial charge is 0.480 e. The molecule has 1 rings (SSSR count). The highest BCUT2D eigenvalue weighted by molar-refractivity contribution is 7.89. The highest BCUT2D eigenvalue weighted by Gasteiger charge is 2.26. The molecule has 0 saturated carbocycles. The minimum absolute atomic E-state index is 0.355. The fourth-order valence-electron chi connectivity index (χ4n) is 1.11. The Labute approximate surface area is 103 Å². The molecular weight excluding hydrogens is 262 g/mol. The fourth-order valence-corrected chi connectivity index (χ4v) is 2.40. The number of hydrogen-bond donors (Lipinski definition) is 3. The van der Waals surface area contributed by atoms with Crippen LogP contribution in [0.2, 0.25) is 0 Å². The molecule has 1 aromatic heterocycles. The smallest absolute Gasteiger partial charge is 0.324 e. The maximum absolute atomic E-state index is 11.8. The van der Waals surface area contributed by atoms with E-state index in [0.717, 1.165) is 6.07 Å². The molecule has 8 nitrogen and oxygen atoms in total. The highest BCUT2D eigenvalue weighted by Crippen LogP contribution is 2.12. The predicted octanol–water partition coefficient (Wildman–Crippen LogP) is -1.32. The van der Waals surface area contributed by atoms with E-state index in [0.29, 0.717) is 0 Å². The van der Waals surface area contributed by atoms with Gasteiger partial charge in [0.1, 0.15) is 17.0 Å². The lowest BCUT2D eigenvalue weighted by Crippen LogP contribution is -2.43. The minimum atomic E-state index is -4.24. The number of aliphatic hydroxyl groups excluding tert-OH is 1. The molecule has 0 saturated heterocycles. The SMILES string of the molecule is N#Cc1ncccc1S(=O)(=O)N[C@@H](CO)C(=O)O. The average Bonchev–Trinajstić information content (AvgIpc) is 2.35. The highest BCUT2D eigenvalue weighted by atomic mass is 32.2. The predicted molar refractivity (Wildman–Crippen MR) is 57.8 cm³/mol. The van der Waals surface area contributed by atoms with Gasteiger partial charge in [0, 0.05) is 6.20 Å². The summed E-state index contributed by atoms with van der Waals surface area (Å²) < 4.78 is 25.4. The molecule has 0 radical (unpaired) electrons. The van der Waals surface area contributed by atoms with Crippen molar-refractivity contribution in [1.29, 1.82) is 5.26 Å². The summed E-state index contributed by atoms with van der Waals surface area (Å²) >= 11 is 0. The summed E-state index contributed by atoms with van der Waals surface area (Å²) in [6.45, 7) is -0.906. The van der Waals surface area contributed by atoms with Gasteiger partial charge in [-0.25, -0.2) is 13.4 Å². The van der Waals surface area contributed by atoms with Crippen LogP contribution in [-0.4, -0.2) is 42.2 Å². The Morgan fingerprint density at radius 3 is 2.78 bits per heavy atom. The fraction of sp³-hybridized carbons (Fsp3) is 0.222. The first-order chi connectivity index (χ1) is 8.42. The van der Waals surface area contributed by atoms with Gasteiger partial charge in [0.15, 0.2) is 5.69 Å². The van der Waals surface area contributed by atoms with Gasteiger partial charge in [0.25, 0.3) is 0 Å². The lowest BCUT2D eigenvalue weighted by atomic mass is 10.3. The van der Waals surface area contributed by atoms with E-state index in [1.807, 2.05) is 0 Å². The number of hydrogen-bond acceptors (Lipinski definition) is 6. The van der Waals surface area contributed by atoms with Crippen LogP contribution in [0.4, 0.5) is 0 Å². The third-order valence-corrected chi connectivity index (χ3v) is 3.45. The maximum Gasteiger partial charge on any atom is 0.324 e. The monoisotopic (exact) mass is 271 g/mol. The Bertz CT molecular complexity index is 592. The van der Waals surface area contributed by atoms with E-state index in [4.69, 9.17) is 15.5 Å². The van der Waals surface area contributed by atoms with Crippen LogP contribution in [0.3, 0.4) is 0 Å². The first-order valence-electron chi connectivity index (χ1n) is 4.63. The Morgan fingerprint density at radius 1 is 1.61 bits per heavy atom. The van der Waals surface area contributed by atoms with E-state index < -0.39 is 33.5 Å². The van der Waals surface area contributed by atoms with Crippen LogP contribution in [0.25, 0.3) is 0 Å². The van der Waals surface area contributed by atoms with Crippen molar-refractivity contribution in [3.05, 3.63) is 24.0 Å². The zero-order valence-electron chi connectivity index (χ0n) is 8.94. The number of sulfonamides is 1. The Balaban J connectivity index is 3.15. The molecule has 0 fully saturated rings. The van der Waals surface area contributed by atoms with E-state index in [2.05, 4.69) is 4.98 Å². The number of aliphatic carboxylic acids is 1. The van der Waals surface area contributed by atoms with Crippen molar-refractivity contribution in [2.75, 3.05) is 6.61 Å². The number of carboxylic acids is 1. The number of nitriles is 1. The van der Waals surface area contributed by atoms with Gasteiger partial charge >= 0.3 is 5.97 Å². The number of pyridine rings is 1. The Kier molecular flexibility index (Phi) is 4.33. The zero-order chi connectivity index (χ0) is 13.8. The summed E-state index contributed by atoms with van der Waals surface area (Å²) in [6, 6.07) is 2.31. The second-order valence-corrected chi connectivity index (χ2v) is 4.84. The molecule has 96 valence electrons. The summed E-state index contributed by atoms with van der Waals surface area (Å²) in [5.74, 6) is -1.52. The van der Waals surface area contributed by atoms with E-state index in [1.54, 1.807) is 10.8 Å². The van der Waals surface area contributed by atoms with E-state index in [1.165, 1.54) is 12.3 Å². The van der Waals surface area contributed by atoms with Gasteiger partial charge in [0.05, 0.1) is 6.61 Å². The Hall–Kier alpha value is -2.02. The molecule has 0 amide bonds. The van der Waals surface area contributed by atoms with E-state index in [-0.39, 0.29) is 5.69 Å². The number of carbonyl (C=O) groups is 1. The summed E-state index contributed by atoms with van der Waals surface area (Å²) in [5, 5.41) is 26.1. The van der Waals surface area contributed by atoms with E-state index in [9.17, 15) is 13.2 Å². The molecule has 0 bridgehead atoms. The molecule has 0 aliphatic heterocycles. The molecule has 0 spiro atoms. The maximum atomic E-state index is 11.8. The van der Waals surface area contributed by atoms with Crippen LogP contribution in [0, 0.1) is 11.3 Å². The molecule has 0 aliphatic carbocycles. The van der Waals surface area contributed by atoms with Crippen LogP contribution < -0.4 is 4.72 Å². The number of carboxylic acid groups (broad SMARTS) is 1. The average molecular weight is 271 g/mol. The van der Waals surface area contributed by atoms with Gasteiger partial charge in [-0.05, 0) is 12.1 Å². The Morgan fingerprint density at radius 2 is 2.28 bits per heavy atom. The van der Waals surface area contributed by atoms with E-state index >= 15 is 0 Å². The summed E-state index contributed by atoms with van der Waals surface area (Å²) in [6.07, 6.45) is 1.23. The van der Waals surface area contributed by atoms with Crippen molar-refractivity contribution >= 4 is 16.0 Å². The lowest BCUT2D eigenvalue weighted by molar-refractivity contribution is -0.139. The summed E-state index contributed by atoms with van der Waals surface area (Å²) in [4.78, 5) is 13.7. The van der Waals surface area contributed by atoms with Crippen molar-refractivity contribution in [2.45, 2.75) is 10.9 Å². The van der Waals surface area contributed by atoms with Gasteiger partial charge in [-0.3, -0.25) is 4.79 Å². The summed E-state index contributed by atoms with van der Waals surface area (Å²) in [7, 11) is -4.24. The van der Waals surface area contributed by atoms with Gasteiger partial charge in [-0.2, -0.15) is 9.98 Å².